The van der Waals surface area contributed by atoms with E-state index in [0.29, 0.717) is 6.54 Å². The highest BCUT2D eigenvalue weighted by atomic mass is 32.1. The molecule has 0 aliphatic carbocycles. The lowest BCUT2D eigenvalue weighted by Crippen LogP contribution is -2.34. The molecule has 1 aromatic heterocycles. The lowest BCUT2D eigenvalue weighted by Gasteiger charge is -2.23. The number of likely N-dealkylation sites (tertiary alicyclic amines) is 1. The molecular formula is C19H17FN2O2S. The van der Waals surface area contributed by atoms with E-state index in [9.17, 15) is 9.18 Å². The molecule has 3 aromatic rings. The van der Waals surface area contributed by atoms with E-state index in [1.165, 1.54) is 12.1 Å². The summed E-state index contributed by atoms with van der Waals surface area (Å²) in [6.07, 6.45) is 1.83. The van der Waals surface area contributed by atoms with Crippen molar-refractivity contribution in [2.45, 2.75) is 18.9 Å². The Bertz CT molecular complexity index is 878. The number of ether oxygens (including phenoxy) is 1. The number of fused-ring (bicyclic) bond motifs is 1. The maximum absolute atomic E-state index is 13.6. The number of amides is 1. The Kier molecular flexibility index (Phi) is 4.36. The molecule has 0 radical (unpaired) electrons. The molecule has 1 aliphatic heterocycles. The second-order valence-electron chi connectivity index (χ2n) is 5.98. The van der Waals surface area contributed by atoms with Crippen molar-refractivity contribution in [1.82, 2.24) is 9.88 Å². The first-order chi connectivity index (χ1) is 12.2. The van der Waals surface area contributed by atoms with E-state index in [1.807, 2.05) is 24.3 Å². The summed E-state index contributed by atoms with van der Waals surface area (Å²) in [6, 6.07) is 14.1. The lowest BCUT2D eigenvalue weighted by molar-refractivity contribution is -0.134. The second-order valence-corrected chi connectivity index (χ2v) is 7.05. The third-order valence-corrected chi connectivity index (χ3v) is 5.49. The van der Waals surface area contributed by atoms with Gasteiger partial charge < -0.3 is 9.64 Å². The fraction of sp³-hybridized carbons (Fsp3) is 0.263. The van der Waals surface area contributed by atoms with Gasteiger partial charge in [0.25, 0.3) is 5.91 Å². The number of thiazole rings is 1. The molecule has 1 saturated heterocycles. The molecule has 1 amide bonds. The predicted molar refractivity (Wildman–Crippen MR) is 95.2 cm³/mol. The minimum atomic E-state index is -0.459. The van der Waals surface area contributed by atoms with E-state index in [1.54, 1.807) is 28.4 Å². The molecule has 0 bridgehead atoms. The summed E-state index contributed by atoms with van der Waals surface area (Å²) in [5, 5.41) is 0.956. The number of aromatic nitrogens is 1. The van der Waals surface area contributed by atoms with Crippen molar-refractivity contribution >= 4 is 27.5 Å². The van der Waals surface area contributed by atoms with Gasteiger partial charge in [-0.15, -0.1) is 11.3 Å². The third kappa shape index (κ3) is 3.22. The van der Waals surface area contributed by atoms with Crippen LogP contribution < -0.4 is 4.74 Å². The van der Waals surface area contributed by atoms with Gasteiger partial charge in [0.15, 0.2) is 18.2 Å². The second kappa shape index (κ2) is 6.80. The van der Waals surface area contributed by atoms with Crippen LogP contribution in [-0.4, -0.2) is 28.9 Å². The predicted octanol–water partition coefficient (Wildman–Crippen LogP) is 4.18. The molecule has 6 heteroatoms. The average Bonchev–Trinajstić information content (AvgIpc) is 3.27. The van der Waals surface area contributed by atoms with Gasteiger partial charge in [0.2, 0.25) is 0 Å². The molecule has 4 nitrogen and oxygen atoms in total. The number of carbonyl (C=O) groups is 1. The Hall–Kier alpha value is -2.47. The van der Waals surface area contributed by atoms with Crippen LogP contribution in [0.1, 0.15) is 23.9 Å². The zero-order valence-corrected chi connectivity index (χ0v) is 14.3. The van der Waals surface area contributed by atoms with Crippen LogP contribution in [0.15, 0.2) is 48.5 Å². The number of hydrogen-bond donors (Lipinski definition) is 0. The monoisotopic (exact) mass is 356 g/mol. The summed E-state index contributed by atoms with van der Waals surface area (Å²) >= 11 is 1.63. The summed E-state index contributed by atoms with van der Waals surface area (Å²) in [5.74, 6) is -0.490. The summed E-state index contributed by atoms with van der Waals surface area (Å²) in [7, 11) is 0. The maximum Gasteiger partial charge on any atom is 0.261 e. The first kappa shape index (κ1) is 16.0. The maximum atomic E-state index is 13.6. The fourth-order valence-electron chi connectivity index (χ4n) is 3.14. The van der Waals surface area contributed by atoms with Crippen molar-refractivity contribution in [3.05, 3.63) is 59.4 Å². The fourth-order valence-corrected chi connectivity index (χ4v) is 4.25. The lowest BCUT2D eigenvalue weighted by atomic mass is 10.2. The summed E-state index contributed by atoms with van der Waals surface area (Å²) in [6.45, 7) is 0.516. The highest BCUT2D eigenvalue weighted by molar-refractivity contribution is 7.18. The largest absolute Gasteiger partial charge is 0.481 e. The highest BCUT2D eigenvalue weighted by Crippen LogP contribution is 2.36. The average molecular weight is 356 g/mol. The summed E-state index contributed by atoms with van der Waals surface area (Å²) in [4.78, 5) is 19.1. The smallest absolute Gasteiger partial charge is 0.261 e. The molecule has 0 spiro atoms. The highest BCUT2D eigenvalue weighted by Gasteiger charge is 2.32. The number of hydrogen-bond acceptors (Lipinski definition) is 4. The van der Waals surface area contributed by atoms with Crippen LogP contribution >= 0.6 is 11.3 Å². The molecule has 4 rings (SSSR count). The van der Waals surface area contributed by atoms with Gasteiger partial charge in [0.05, 0.1) is 16.3 Å². The topological polar surface area (TPSA) is 42.4 Å². The van der Waals surface area contributed by atoms with E-state index in [-0.39, 0.29) is 24.3 Å². The Balaban J connectivity index is 1.49. The van der Waals surface area contributed by atoms with Gasteiger partial charge in [-0.1, -0.05) is 24.3 Å². The van der Waals surface area contributed by atoms with Crippen LogP contribution in [0.4, 0.5) is 4.39 Å². The molecule has 2 aromatic carbocycles. The zero-order chi connectivity index (χ0) is 17.2. The molecule has 1 fully saturated rings. The first-order valence-corrected chi connectivity index (χ1v) is 9.06. The van der Waals surface area contributed by atoms with Crippen molar-refractivity contribution in [2.75, 3.05) is 13.2 Å². The van der Waals surface area contributed by atoms with Gasteiger partial charge in [-0.3, -0.25) is 4.79 Å². The van der Waals surface area contributed by atoms with E-state index >= 15 is 0 Å². The van der Waals surface area contributed by atoms with Crippen molar-refractivity contribution in [1.29, 1.82) is 0 Å². The van der Waals surface area contributed by atoms with Crippen molar-refractivity contribution in [3.63, 3.8) is 0 Å². The number of halogens is 1. The van der Waals surface area contributed by atoms with Gasteiger partial charge in [-0.05, 0) is 37.1 Å². The van der Waals surface area contributed by atoms with Crippen molar-refractivity contribution in [3.8, 4) is 5.75 Å². The molecule has 1 atom stereocenters. The van der Waals surface area contributed by atoms with E-state index in [4.69, 9.17) is 4.74 Å². The van der Waals surface area contributed by atoms with Crippen LogP contribution in [0.2, 0.25) is 0 Å². The SMILES string of the molecule is O=C(COc1ccccc1F)N1CCC[C@@H]1c1nc2ccccc2s1. The quantitative estimate of drug-likeness (QED) is 0.704. The molecule has 0 N–H and O–H groups in total. The molecule has 128 valence electrons. The molecule has 25 heavy (non-hydrogen) atoms. The minimum absolute atomic E-state index is 0.0193. The Morgan fingerprint density at radius 2 is 2.04 bits per heavy atom. The van der Waals surface area contributed by atoms with E-state index in [0.717, 1.165) is 28.1 Å². The molecule has 2 heterocycles. The first-order valence-electron chi connectivity index (χ1n) is 8.24. The number of carbonyl (C=O) groups excluding carboxylic acids is 1. The van der Waals surface area contributed by atoms with Gasteiger partial charge in [0, 0.05) is 6.54 Å². The number of rotatable bonds is 4. The minimum Gasteiger partial charge on any atom is -0.481 e. The van der Waals surface area contributed by atoms with E-state index < -0.39 is 5.82 Å². The normalized spacial score (nSPS) is 17.2. The molecular weight excluding hydrogens is 339 g/mol. The van der Waals surface area contributed by atoms with Crippen LogP contribution in [0.3, 0.4) is 0 Å². The Morgan fingerprint density at radius 1 is 1.24 bits per heavy atom. The summed E-state index contributed by atoms with van der Waals surface area (Å²) < 4.78 is 20.1. The number of benzene rings is 2. The van der Waals surface area contributed by atoms with Crippen LogP contribution in [0, 0.1) is 5.82 Å². The van der Waals surface area contributed by atoms with Crippen molar-refractivity contribution < 1.29 is 13.9 Å². The standard InChI is InChI=1S/C19H17FN2O2S/c20-13-6-1-3-9-16(13)24-12-18(23)22-11-5-8-15(22)19-21-14-7-2-4-10-17(14)25-19/h1-4,6-7,9-10,15H,5,8,11-12H2/t15-/m1/s1. The third-order valence-electron chi connectivity index (χ3n) is 4.36. The van der Waals surface area contributed by atoms with Gasteiger partial charge in [0.1, 0.15) is 5.01 Å². The molecule has 0 saturated carbocycles. The van der Waals surface area contributed by atoms with Crippen molar-refractivity contribution in [2.24, 2.45) is 0 Å². The van der Waals surface area contributed by atoms with Crippen LogP contribution in [-0.2, 0) is 4.79 Å². The molecule has 0 unspecified atom stereocenters. The van der Waals surface area contributed by atoms with Crippen LogP contribution in [0.5, 0.6) is 5.75 Å². The molecule has 1 aliphatic rings. The Morgan fingerprint density at radius 3 is 2.88 bits per heavy atom. The van der Waals surface area contributed by atoms with Gasteiger partial charge in [-0.25, -0.2) is 9.37 Å². The van der Waals surface area contributed by atoms with Gasteiger partial charge >= 0.3 is 0 Å². The van der Waals surface area contributed by atoms with Crippen LogP contribution in [0.25, 0.3) is 10.2 Å². The number of nitrogens with zero attached hydrogens (tertiary/aromatic N) is 2. The Labute approximate surface area is 148 Å². The summed E-state index contributed by atoms with van der Waals surface area (Å²) in [5.41, 5.74) is 0.962. The number of para-hydroxylation sites is 2. The van der Waals surface area contributed by atoms with E-state index in [2.05, 4.69) is 4.98 Å². The zero-order valence-electron chi connectivity index (χ0n) is 13.5. The van der Waals surface area contributed by atoms with Gasteiger partial charge in [-0.2, -0.15) is 0 Å².